The van der Waals surface area contributed by atoms with Gasteiger partial charge < -0.3 is 18.1 Å². The molecular weight excluding hydrogens is 1060 g/mol. The first-order valence-electron chi connectivity index (χ1n) is 26.1. The van der Waals surface area contributed by atoms with E-state index in [2.05, 4.69) is 185 Å². The molecule has 0 bridgehead atoms. The van der Waals surface area contributed by atoms with Crippen molar-refractivity contribution in [1.29, 1.82) is 5.26 Å². The zero-order chi connectivity index (χ0) is 54.7. The summed E-state index contributed by atoms with van der Waals surface area (Å²) >= 11 is 3.38. The lowest BCUT2D eigenvalue weighted by Gasteiger charge is -2.32. The van der Waals surface area contributed by atoms with E-state index in [1.54, 1.807) is 18.3 Å². The molecule has 0 N–H and O–H groups in total. The third-order valence-corrected chi connectivity index (χ3v) is 15.7. The van der Waals surface area contributed by atoms with Gasteiger partial charge in [-0.1, -0.05) is 115 Å². The summed E-state index contributed by atoms with van der Waals surface area (Å²) in [5.74, 6) is 0. The van der Waals surface area contributed by atoms with E-state index in [1.807, 2.05) is 72.9 Å². The Balaban J connectivity index is 0.000000122. The molecule has 7 heterocycles. The van der Waals surface area contributed by atoms with Crippen LogP contribution < -0.4 is 5.46 Å². The molecule has 10 nitrogen and oxygen atoms in total. The van der Waals surface area contributed by atoms with Crippen molar-refractivity contribution in [3.05, 3.63) is 228 Å². The molecule has 382 valence electrons. The standard InChI is InChI=1S/C31H17N3O.C25H22BNO3.C12H7BrN2/c32-18-19-3-13-28-25(16-19)26-17-24(11-14-29(26)35-28)20-4-6-21(7-5-20)27-12-10-23-9-8-22-2-1-15-33-30(22)31(23)34-27;1-24(2)25(3,4)30-26(29-24)18-9-6-16(7-10-18)17-8-12-22-20(14-17)21-15-19(27-5)11-13-23(21)28-22;13-10-6-5-9-4-3-8-2-1-7-14-11(8)12(9)15-10/h1-17H;6-15H,1-4H3;1-7H. The number of halogens is 1. The maximum atomic E-state index is 9.28. The van der Waals surface area contributed by atoms with Crippen molar-refractivity contribution in [1.82, 2.24) is 19.9 Å². The van der Waals surface area contributed by atoms with Crippen molar-refractivity contribution >= 4 is 122 Å². The van der Waals surface area contributed by atoms with E-state index in [9.17, 15) is 5.26 Å². The second-order valence-electron chi connectivity index (χ2n) is 20.8. The summed E-state index contributed by atoms with van der Waals surface area (Å²) in [6.45, 7) is 15.5. The first-order chi connectivity index (χ1) is 38.9. The van der Waals surface area contributed by atoms with E-state index in [4.69, 9.17) is 29.7 Å². The van der Waals surface area contributed by atoms with Gasteiger partial charge in [0.25, 0.3) is 0 Å². The van der Waals surface area contributed by atoms with Gasteiger partial charge in [0.2, 0.25) is 0 Å². The summed E-state index contributed by atoms with van der Waals surface area (Å²) in [7, 11) is -0.364. The van der Waals surface area contributed by atoms with E-state index in [0.29, 0.717) is 11.3 Å². The molecule has 15 rings (SSSR count). The molecule has 1 saturated heterocycles. The Labute approximate surface area is 469 Å². The maximum Gasteiger partial charge on any atom is 0.494 e. The smallest absolute Gasteiger partial charge is 0.456 e. The average Bonchev–Trinajstić information content (AvgIpc) is 4.15. The van der Waals surface area contributed by atoms with Crippen LogP contribution in [0.25, 0.3) is 126 Å². The van der Waals surface area contributed by atoms with Crippen LogP contribution in [0.15, 0.2) is 220 Å². The topological polar surface area (TPSA) is 124 Å². The zero-order valence-electron chi connectivity index (χ0n) is 43.9. The molecule has 0 atom stereocenters. The Kier molecular flexibility index (Phi) is 12.5. The second kappa shape index (κ2) is 20.0. The number of fused-ring (bicyclic) bond motifs is 12. The summed E-state index contributed by atoms with van der Waals surface area (Å²) in [6.07, 6.45) is 3.61. The lowest BCUT2D eigenvalue weighted by atomic mass is 9.78. The molecule has 1 fully saturated rings. The van der Waals surface area contributed by atoms with Gasteiger partial charge in [-0.25, -0.2) is 14.8 Å². The first kappa shape index (κ1) is 50.0. The molecule has 0 unspecified atom stereocenters. The third-order valence-electron chi connectivity index (χ3n) is 15.3. The normalized spacial score (nSPS) is 13.6. The molecule has 0 radical (unpaired) electrons. The molecule has 1 aliphatic rings. The summed E-state index contributed by atoms with van der Waals surface area (Å²) in [5, 5.41) is 17.6. The van der Waals surface area contributed by atoms with Crippen molar-refractivity contribution in [2.45, 2.75) is 38.9 Å². The lowest BCUT2D eigenvalue weighted by Crippen LogP contribution is -2.41. The van der Waals surface area contributed by atoms with Crippen molar-refractivity contribution < 1.29 is 18.1 Å². The van der Waals surface area contributed by atoms with Crippen molar-refractivity contribution in [3.8, 4) is 39.6 Å². The summed E-state index contributed by atoms with van der Waals surface area (Å²) < 4.78 is 25.0. The summed E-state index contributed by atoms with van der Waals surface area (Å²) in [4.78, 5) is 21.9. The minimum absolute atomic E-state index is 0.353. The SMILES string of the molecule is Brc1ccc2ccc3cccnc3c2n1.N#Cc1ccc2oc3ccc(-c4ccc(-c5ccc6ccc7cccnc7c6n5)cc4)cc3c2c1.[C-]#[N+]c1ccc2oc3ccc(-c4ccc(B5OC(C)(C)C(C)(C)O5)cc4)cc3c2c1. The fourth-order valence-corrected chi connectivity index (χ4v) is 10.6. The van der Waals surface area contributed by atoms with Crippen LogP contribution in [0.1, 0.15) is 33.3 Å². The minimum Gasteiger partial charge on any atom is -0.456 e. The zero-order valence-corrected chi connectivity index (χ0v) is 45.5. The van der Waals surface area contributed by atoms with Crippen molar-refractivity contribution in [2.24, 2.45) is 0 Å². The van der Waals surface area contributed by atoms with E-state index >= 15 is 0 Å². The highest BCUT2D eigenvalue weighted by Gasteiger charge is 2.51. The average molecular weight is 1100 g/mol. The molecular formula is C68H46BBrN6O4. The number of aromatic nitrogens is 4. The number of hydrogen-bond acceptors (Lipinski definition) is 9. The largest absolute Gasteiger partial charge is 0.494 e. The van der Waals surface area contributed by atoms with Gasteiger partial charge in [0.1, 0.15) is 26.9 Å². The van der Waals surface area contributed by atoms with E-state index in [0.717, 1.165) is 131 Å². The van der Waals surface area contributed by atoms with E-state index < -0.39 is 0 Å². The van der Waals surface area contributed by atoms with Gasteiger partial charge in [-0.3, -0.25) is 9.97 Å². The summed E-state index contributed by atoms with van der Waals surface area (Å²) in [5.41, 5.74) is 14.9. The van der Waals surface area contributed by atoms with Gasteiger partial charge in [0, 0.05) is 61.0 Å². The van der Waals surface area contributed by atoms with E-state index in [1.165, 1.54) is 0 Å². The quantitative estimate of drug-likeness (QED) is 0.0733. The number of benzene rings is 8. The number of nitrogens with zero attached hydrogens (tertiary/aromatic N) is 6. The predicted molar refractivity (Wildman–Crippen MR) is 326 cm³/mol. The number of rotatable bonds is 4. The highest BCUT2D eigenvalue weighted by atomic mass is 79.9. The van der Waals surface area contributed by atoms with Crippen LogP contribution in [0.4, 0.5) is 5.69 Å². The number of hydrogen-bond donors (Lipinski definition) is 0. The Hall–Kier alpha value is -9.56. The highest BCUT2D eigenvalue weighted by Crippen LogP contribution is 2.39. The van der Waals surface area contributed by atoms with Crippen molar-refractivity contribution in [3.63, 3.8) is 0 Å². The van der Waals surface area contributed by atoms with Gasteiger partial charge in [-0.05, 0) is 150 Å². The first-order valence-corrected chi connectivity index (χ1v) is 26.9. The number of furan rings is 2. The summed E-state index contributed by atoms with van der Waals surface area (Å²) in [6, 6.07) is 66.8. The molecule has 80 heavy (non-hydrogen) atoms. The van der Waals surface area contributed by atoms with Crippen LogP contribution in [0.3, 0.4) is 0 Å². The molecule has 12 heteroatoms. The Bertz CT molecular complexity index is 4830. The number of pyridine rings is 4. The van der Waals surface area contributed by atoms with Crippen LogP contribution in [0.5, 0.6) is 0 Å². The maximum absolute atomic E-state index is 9.28. The van der Waals surface area contributed by atoms with Crippen LogP contribution in [-0.4, -0.2) is 38.3 Å². The third kappa shape index (κ3) is 9.25. The second-order valence-corrected chi connectivity index (χ2v) is 21.6. The fraction of sp³-hybridized carbons (Fsp3) is 0.0882. The lowest BCUT2D eigenvalue weighted by molar-refractivity contribution is 0.00578. The molecule has 14 aromatic rings. The molecule has 0 aliphatic carbocycles. The molecule has 0 saturated carbocycles. The molecule has 8 aromatic carbocycles. The van der Waals surface area contributed by atoms with Gasteiger partial charge >= 0.3 is 7.12 Å². The van der Waals surface area contributed by atoms with Crippen LogP contribution in [-0.2, 0) is 9.31 Å². The van der Waals surface area contributed by atoms with Gasteiger partial charge in [-0.2, -0.15) is 5.26 Å². The minimum atomic E-state index is -0.364. The van der Waals surface area contributed by atoms with Gasteiger partial charge in [-0.15, -0.1) is 0 Å². The Morgan fingerprint density at radius 3 is 1.49 bits per heavy atom. The van der Waals surface area contributed by atoms with Crippen LogP contribution in [0.2, 0.25) is 0 Å². The molecule has 0 amide bonds. The number of nitriles is 1. The van der Waals surface area contributed by atoms with E-state index in [-0.39, 0.29) is 18.3 Å². The van der Waals surface area contributed by atoms with Crippen molar-refractivity contribution in [2.75, 3.05) is 0 Å². The molecule has 1 aliphatic heterocycles. The monoisotopic (exact) mass is 1100 g/mol. The van der Waals surface area contributed by atoms with Crippen LogP contribution >= 0.6 is 15.9 Å². The Morgan fingerprint density at radius 1 is 0.475 bits per heavy atom. The predicted octanol–water partition coefficient (Wildman–Crippen LogP) is 17.5. The van der Waals surface area contributed by atoms with Crippen LogP contribution in [0, 0.1) is 17.9 Å². The Morgan fingerprint density at radius 2 is 0.925 bits per heavy atom. The molecule has 6 aromatic heterocycles. The van der Waals surface area contributed by atoms with Gasteiger partial charge in [0.05, 0.1) is 57.2 Å². The molecule has 0 spiro atoms. The fourth-order valence-electron chi connectivity index (χ4n) is 10.3. The van der Waals surface area contributed by atoms with Gasteiger partial charge in [0.15, 0.2) is 5.69 Å². The highest BCUT2D eigenvalue weighted by molar-refractivity contribution is 9.10.